The average Bonchev–Trinajstić information content (AvgIpc) is 3.32. The third-order valence-electron chi connectivity index (χ3n) is 4.33. The Balaban J connectivity index is 1.59. The molecule has 5 heterocycles. The van der Waals surface area contributed by atoms with Gasteiger partial charge in [0, 0.05) is 47.0 Å². The Morgan fingerprint density at radius 3 is 1.62 bits per heavy atom. The number of nitrogens with zero attached hydrogens (tertiary/aromatic N) is 2. The lowest BCUT2D eigenvalue weighted by Gasteiger charge is -1.98. The van der Waals surface area contributed by atoms with Crippen molar-refractivity contribution >= 4 is 23.6 Å². The predicted molar refractivity (Wildman–Crippen MR) is 98.1 cm³/mol. The van der Waals surface area contributed by atoms with Gasteiger partial charge >= 0.3 is 0 Å². The first-order valence-corrected chi connectivity index (χ1v) is 8.11. The van der Waals surface area contributed by atoms with E-state index in [1.54, 1.807) is 0 Å². The number of fused-ring (bicyclic) bond motifs is 6. The number of allylic oxidation sites excluding steroid dienone is 4. The van der Waals surface area contributed by atoms with Crippen LogP contribution in [0.2, 0.25) is 0 Å². The second-order valence-corrected chi connectivity index (χ2v) is 6.24. The predicted octanol–water partition coefficient (Wildman–Crippen LogP) is 3.85. The van der Waals surface area contributed by atoms with Crippen molar-refractivity contribution in [1.29, 1.82) is 0 Å². The van der Waals surface area contributed by atoms with Crippen molar-refractivity contribution in [3.05, 3.63) is 82.7 Å². The van der Waals surface area contributed by atoms with E-state index in [1.165, 1.54) is 0 Å². The number of H-pyrrole nitrogens is 2. The minimum absolute atomic E-state index is 0.803. The van der Waals surface area contributed by atoms with Crippen LogP contribution >= 0.6 is 0 Å². The fraction of sp³-hybridized carbons (Fsp3) is 0.100. The van der Waals surface area contributed by atoms with Crippen molar-refractivity contribution in [3.63, 3.8) is 0 Å². The van der Waals surface area contributed by atoms with Crippen LogP contribution in [0.15, 0.2) is 69.9 Å². The van der Waals surface area contributed by atoms with Gasteiger partial charge in [-0.15, -0.1) is 0 Å². The number of hydrogen-bond donors (Lipinski definition) is 2. The Morgan fingerprint density at radius 1 is 0.625 bits per heavy atom. The Morgan fingerprint density at radius 2 is 1.12 bits per heavy atom. The summed E-state index contributed by atoms with van der Waals surface area (Å²) >= 11 is 0. The maximum absolute atomic E-state index is 4.70. The molecule has 2 aromatic heterocycles. The molecular formula is C20H16N4. The zero-order valence-corrected chi connectivity index (χ0v) is 13.1. The highest BCUT2D eigenvalue weighted by atomic mass is 14.8. The zero-order chi connectivity index (χ0) is 15.9. The number of aromatic amines is 2. The molecule has 0 spiro atoms. The van der Waals surface area contributed by atoms with Gasteiger partial charge in [0.05, 0.1) is 11.4 Å². The van der Waals surface area contributed by atoms with E-state index in [0.717, 1.165) is 58.4 Å². The molecule has 3 aliphatic rings. The first kappa shape index (κ1) is 13.3. The number of nitrogens with one attached hydrogen (secondary N) is 2. The van der Waals surface area contributed by atoms with Gasteiger partial charge in [-0.25, -0.2) is 0 Å². The van der Waals surface area contributed by atoms with Gasteiger partial charge in [-0.1, -0.05) is 0 Å². The first-order chi connectivity index (χ1) is 11.8. The van der Waals surface area contributed by atoms with Crippen LogP contribution in [0.3, 0.4) is 0 Å². The molecule has 5 rings (SSSR count). The quantitative estimate of drug-likeness (QED) is 0.742. The molecule has 3 aliphatic heterocycles. The maximum atomic E-state index is 4.70. The Hall–Kier alpha value is -3.14. The molecule has 0 saturated heterocycles. The third-order valence-corrected chi connectivity index (χ3v) is 4.33. The normalized spacial score (nSPS) is 22.7. The average molecular weight is 312 g/mol. The van der Waals surface area contributed by atoms with Crippen LogP contribution in [-0.4, -0.2) is 21.4 Å². The van der Waals surface area contributed by atoms with E-state index < -0.39 is 0 Å². The van der Waals surface area contributed by atoms with Crippen molar-refractivity contribution in [2.75, 3.05) is 0 Å². The van der Waals surface area contributed by atoms with Gasteiger partial charge < -0.3 is 9.97 Å². The van der Waals surface area contributed by atoms with Gasteiger partial charge in [-0.2, -0.15) is 0 Å². The highest BCUT2D eigenvalue weighted by Gasteiger charge is 2.11. The molecule has 116 valence electrons. The molecule has 0 radical (unpaired) electrons. The molecule has 4 heteroatoms. The summed E-state index contributed by atoms with van der Waals surface area (Å²) in [5, 5.41) is 0. The van der Waals surface area contributed by atoms with Crippen LogP contribution in [0.1, 0.15) is 22.8 Å². The second-order valence-electron chi connectivity index (χ2n) is 6.24. The van der Waals surface area contributed by atoms with E-state index in [1.807, 2.05) is 0 Å². The van der Waals surface area contributed by atoms with Gasteiger partial charge in [0.15, 0.2) is 0 Å². The van der Waals surface area contributed by atoms with E-state index in [2.05, 4.69) is 70.7 Å². The van der Waals surface area contributed by atoms with E-state index in [9.17, 15) is 0 Å². The fourth-order valence-corrected chi connectivity index (χ4v) is 3.20. The second kappa shape index (κ2) is 5.20. The minimum atomic E-state index is 0.803. The van der Waals surface area contributed by atoms with Crippen LogP contribution in [0.4, 0.5) is 0 Å². The Labute approximate surface area is 139 Å². The lowest BCUT2D eigenvalue weighted by molar-refractivity contribution is 1.17. The monoisotopic (exact) mass is 312 g/mol. The van der Waals surface area contributed by atoms with E-state index in [0.29, 0.717) is 0 Å². The van der Waals surface area contributed by atoms with Gasteiger partial charge in [-0.05, 0) is 60.7 Å². The number of aliphatic imine (C=N–C) groups is 2. The fourth-order valence-electron chi connectivity index (χ4n) is 3.20. The lowest BCUT2D eigenvalue weighted by Crippen LogP contribution is -1.98. The van der Waals surface area contributed by atoms with Crippen molar-refractivity contribution < 1.29 is 0 Å². The molecule has 0 atom stereocenters. The van der Waals surface area contributed by atoms with Crippen molar-refractivity contribution in [2.24, 2.45) is 9.98 Å². The molecule has 0 aliphatic carbocycles. The van der Waals surface area contributed by atoms with E-state index in [4.69, 9.17) is 9.98 Å². The molecule has 4 nitrogen and oxygen atoms in total. The maximum Gasteiger partial charge on any atom is 0.0654 e. The van der Waals surface area contributed by atoms with Gasteiger partial charge in [0.25, 0.3) is 0 Å². The van der Waals surface area contributed by atoms with Gasteiger partial charge in [-0.3, -0.25) is 9.98 Å². The summed E-state index contributed by atoms with van der Waals surface area (Å²) in [6.45, 7) is 0. The Kier molecular flexibility index (Phi) is 2.88. The zero-order valence-electron chi connectivity index (χ0n) is 13.1. The molecule has 0 fully saturated rings. The summed E-state index contributed by atoms with van der Waals surface area (Å²) in [5.41, 5.74) is 8.57. The topological polar surface area (TPSA) is 56.3 Å². The molecule has 24 heavy (non-hydrogen) atoms. The van der Waals surface area contributed by atoms with E-state index >= 15 is 0 Å². The SMILES string of the molecule is C1=C/C2=C/c3ccc([nH]3)CC3=N/C(=C\c4ccc([nH]4)CC1=N2)C=C3. The highest BCUT2D eigenvalue weighted by molar-refractivity contribution is 6.01. The molecule has 0 unspecified atom stereocenters. The molecule has 8 bridgehead atoms. The largest absolute Gasteiger partial charge is 0.359 e. The number of rotatable bonds is 0. The minimum Gasteiger partial charge on any atom is -0.359 e. The summed E-state index contributed by atoms with van der Waals surface area (Å²) in [4.78, 5) is 16.3. The Bertz CT molecular complexity index is 920. The standard InChI is InChI=1S/C20H16N4/c1-2-14-10-16-5-6-18(23-16)12-20-8-7-19(24-20)11-17-4-3-15(22-17)9-13(1)21-14/h1-9,12,21,24H,10-11H2/b15-9-,18-12-. The molecular weight excluding hydrogens is 296 g/mol. The molecule has 0 aromatic carbocycles. The van der Waals surface area contributed by atoms with Gasteiger partial charge in [0.1, 0.15) is 0 Å². The van der Waals surface area contributed by atoms with Crippen molar-refractivity contribution in [1.82, 2.24) is 9.97 Å². The van der Waals surface area contributed by atoms with Crippen LogP contribution in [0.5, 0.6) is 0 Å². The van der Waals surface area contributed by atoms with Crippen LogP contribution in [-0.2, 0) is 12.8 Å². The summed E-state index contributed by atoms with van der Waals surface area (Å²) in [6.07, 6.45) is 14.1. The molecule has 2 aromatic rings. The third kappa shape index (κ3) is 2.52. The van der Waals surface area contributed by atoms with Gasteiger partial charge in [0.2, 0.25) is 0 Å². The van der Waals surface area contributed by atoms with Crippen LogP contribution < -0.4 is 0 Å². The smallest absolute Gasteiger partial charge is 0.0654 e. The summed E-state index contributed by atoms with van der Waals surface area (Å²) < 4.78 is 0. The number of aromatic nitrogens is 2. The molecule has 2 N–H and O–H groups in total. The van der Waals surface area contributed by atoms with Crippen LogP contribution in [0, 0.1) is 0 Å². The highest BCUT2D eigenvalue weighted by Crippen LogP contribution is 2.20. The number of hydrogen-bond acceptors (Lipinski definition) is 2. The van der Waals surface area contributed by atoms with Crippen LogP contribution in [0.25, 0.3) is 12.2 Å². The lowest BCUT2D eigenvalue weighted by atomic mass is 10.2. The summed E-state index contributed by atoms with van der Waals surface area (Å²) in [5.74, 6) is 0. The molecule has 0 saturated carbocycles. The van der Waals surface area contributed by atoms with Crippen molar-refractivity contribution in [2.45, 2.75) is 12.8 Å². The summed E-state index contributed by atoms with van der Waals surface area (Å²) in [6, 6.07) is 8.41. The molecule has 0 amide bonds. The summed E-state index contributed by atoms with van der Waals surface area (Å²) in [7, 11) is 0. The van der Waals surface area contributed by atoms with Crippen molar-refractivity contribution in [3.8, 4) is 0 Å². The van der Waals surface area contributed by atoms with E-state index in [-0.39, 0.29) is 0 Å². The first-order valence-electron chi connectivity index (χ1n) is 8.11.